The molecule has 4 atom stereocenters. The van der Waals surface area contributed by atoms with Gasteiger partial charge < -0.3 is 0 Å². The molecule has 0 heterocycles. The molecule has 0 amide bonds. The van der Waals surface area contributed by atoms with Crippen molar-refractivity contribution in [3.05, 3.63) is 0 Å². The molecule has 0 N–H and O–H groups in total. The molecule has 2 saturated carbocycles. The summed E-state index contributed by atoms with van der Waals surface area (Å²) >= 11 is 0. The standard InChI is InChI=1S/C12H22/c1-8-5-9-6-10(8)11(7-9)12(2,3)4/h8-11H,5-7H2,1-4H3. The van der Waals surface area contributed by atoms with Crippen LogP contribution >= 0.6 is 0 Å². The van der Waals surface area contributed by atoms with Crippen molar-refractivity contribution in [1.29, 1.82) is 0 Å². The maximum absolute atomic E-state index is 2.46. The first-order valence-corrected chi connectivity index (χ1v) is 5.48. The third-order valence-electron chi connectivity index (χ3n) is 4.26. The second-order valence-corrected chi connectivity index (χ2v) is 6.19. The van der Waals surface area contributed by atoms with E-state index in [2.05, 4.69) is 27.7 Å². The normalized spacial score (nSPS) is 47.0. The van der Waals surface area contributed by atoms with Crippen LogP contribution in [-0.4, -0.2) is 0 Å². The van der Waals surface area contributed by atoms with E-state index in [1.807, 2.05) is 0 Å². The van der Waals surface area contributed by atoms with E-state index >= 15 is 0 Å². The Bertz CT molecular complexity index is 175. The molecule has 12 heavy (non-hydrogen) atoms. The predicted octanol–water partition coefficient (Wildman–Crippen LogP) is 3.71. The summed E-state index contributed by atoms with van der Waals surface area (Å²) in [7, 11) is 0. The van der Waals surface area contributed by atoms with Crippen molar-refractivity contribution in [2.45, 2.75) is 47.0 Å². The van der Waals surface area contributed by atoms with E-state index in [0.29, 0.717) is 5.41 Å². The predicted molar refractivity (Wildman–Crippen MR) is 52.9 cm³/mol. The lowest BCUT2D eigenvalue weighted by Gasteiger charge is -2.37. The van der Waals surface area contributed by atoms with E-state index in [0.717, 1.165) is 23.7 Å². The van der Waals surface area contributed by atoms with E-state index in [1.165, 1.54) is 12.8 Å². The minimum absolute atomic E-state index is 0.564. The Hall–Kier alpha value is 0. The van der Waals surface area contributed by atoms with Gasteiger partial charge in [-0.3, -0.25) is 0 Å². The van der Waals surface area contributed by atoms with E-state index in [4.69, 9.17) is 0 Å². The van der Waals surface area contributed by atoms with Crippen LogP contribution in [0.2, 0.25) is 0 Å². The lowest BCUT2D eigenvalue weighted by Crippen LogP contribution is -2.29. The van der Waals surface area contributed by atoms with Gasteiger partial charge in [0.15, 0.2) is 0 Å². The molecule has 0 aromatic heterocycles. The highest BCUT2D eigenvalue weighted by molar-refractivity contribution is 4.97. The van der Waals surface area contributed by atoms with Crippen molar-refractivity contribution in [2.75, 3.05) is 0 Å². The zero-order chi connectivity index (χ0) is 8.93. The molecule has 70 valence electrons. The average molecular weight is 166 g/mol. The van der Waals surface area contributed by atoms with Crippen molar-refractivity contribution in [1.82, 2.24) is 0 Å². The SMILES string of the molecule is CC1CC2CC1C(C(C)(C)C)C2. The number of fused-ring (bicyclic) bond motifs is 2. The summed E-state index contributed by atoms with van der Waals surface area (Å²) in [4.78, 5) is 0. The van der Waals surface area contributed by atoms with Crippen LogP contribution < -0.4 is 0 Å². The lowest BCUT2D eigenvalue weighted by molar-refractivity contribution is 0.126. The van der Waals surface area contributed by atoms with Crippen molar-refractivity contribution >= 4 is 0 Å². The fourth-order valence-electron chi connectivity index (χ4n) is 3.70. The fourth-order valence-corrected chi connectivity index (χ4v) is 3.70. The van der Waals surface area contributed by atoms with Gasteiger partial charge in [-0.1, -0.05) is 27.7 Å². The van der Waals surface area contributed by atoms with Crippen LogP contribution in [0.1, 0.15) is 47.0 Å². The number of rotatable bonds is 0. The summed E-state index contributed by atoms with van der Waals surface area (Å²) < 4.78 is 0. The summed E-state index contributed by atoms with van der Waals surface area (Å²) in [6, 6.07) is 0. The van der Waals surface area contributed by atoms with Gasteiger partial charge in [-0.2, -0.15) is 0 Å². The molecule has 0 aromatic rings. The molecule has 0 nitrogen and oxygen atoms in total. The first-order valence-electron chi connectivity index (χ1n) is 5.48. The molecule has 2 aliphatic rings. The Labute approximate surface area is 76.7 Å². The maximum Gasteiger partial charge on any atom is -0.0332 e. The zero-order valence-corrected chi connectivity index (χ0v) is 8.93. The minimum Gasteiger partial charge on any atom is -0.0622 e. The van der Waals surface area contributed by atoms with Crippen LogP contribution in [0.3, 0.4) is 0 Å². The van der Waals surface area contributed by atoms with E-state index in [9.17, 15) is 0 Å². The van der Waals surface area contributed by atoms with Crippen LogP contribution in [0.15, 0.2) is 0 Å². The van der Waals surface area contributed by atoms with Gasteiger partial charge in [-0.15, -0.1) is 0 Å². The Morgan fingerprint density at radius 1 is 1.00 bits per heavy atom. The highest BCUT2D eigenvalue weighted by Gasteiger charge is 2.47. The molecule has 2 bridgehead atoms. The molecule has 2 fully saturated rings. The van der Waals surface area contributed by atoms with E-state index in [1.54, 1.807) is 6.42 Å². The molecule has 0 aromatic carbocycles. The van der Waals surface area contributed by atoms with Gasteiger partial charge in [-0.25, -0.2) is 0 Å². The zero-order valence-electron chi connectivity index (χ0n) is 8.93. The Balaban J connectivity index is 2.12. The van der Waals surface area contributed by atoms with Crippen molar-refractivity contribution < 1.29 is 0 Å². The molecule has 0 spiro atoms. The van der Waals surface area contributed by atoms with E-state index < -0.39 is 0 Å². The summed E-state index contributed by atoms with van der Waals surface area (Å²) in [5.41, 5.74) is 0.564. The highest BCUT2D eigenvalue weighted by atomic mass is 14.5. The Kier molecular flexibility index (Phi) is 1.79. The van der Waals surface area contributed by atoms with Gasteiger partial charge >= 0.3 is 0 Å². The molecule has 0 heteroatoms. The molecular weight excluding hydrogens is 144 g/mol. The van der Waals surface area contributed by atoms with E-state index in [-0.39, 0.29) is 0 Å². The Morgan fingerprint density at radius 3 is 2.00 bits per heavy atom. The van der Waals surface area contributed by atoms with Gasteiger partial charge in [0, 0.05) is 0 Å². The van der Waals surface area contributed by atoms with Crippen LogP contribution in [-0.2, 0) is 0 Å². The maximum atomic E-state index is 2.46. The first kappa shape index (κ1) is 8.59. The van der Waals surface area contributed by atoms with Gasteiger partial charge in [0.1, 0.15) is 0 Å². The molecule has 4 unspecified atom stereocenters. The van der Waals surface area contributed by atoms with Gasteiger partial charge in [0.2, 0.25) is 0 Å². The number of hydrogen-bond acceptors (Lipinski definition) is 0. The molecule has 0 radical (unpaired) electrons. The van der Waals surface area contributed by atoms with Crippen LogP contribution in [0.4, 0.5) is 0 Å². The monoisotopic (exact) mass is 166 g/mol. The minimum atomic E-state index is 0.564. The van der Waals surface area contributed by atoms with Crippen molar-refractivity contribution in [3.63, 3.8) is 0 Å². The fraction of sp³-hybridized carbons (Fsp3) is 1.00. The average Bonchev–Trinajstić information content (AvgIpc) is 2.41. The Morgan fingerprint density at radius 2 is 1.67 bits per heavy atom. The molecule has 2 aliphatic carbocycles. The lowest BCUT2D eigenvalue weighted by atomic mass is 9.69. The van der Waals surface area contributed by atoms with Crippen LogP contribution in [0.25, 0.3) is 0 Å². The summed E-state index contributed by atoms with van der Waals surface area (Å²) in [5, 5.41) is 0. The van der Waals surface area contributed by atoms with Gasteiger partial charge in [0.05, 0.1) is 0 Å². The molecule has 0 saturated heterocycles. The summed E-state index contributed by atoms with van der Waals surface area (Å²) in [6.07, 6.45) is 4.60. The topological polar surface area (TPSA) is 0 Å². The third kappa shape index (κ3) is 1.20. The summed E-state index contributed by atoms with van der Waals surface area (Å²) in [5.74, 6) is 4.20. The highest BCUT2D eigenvalue weighted by Crippen LogP contribution is 2.56. The second-order valence-electron chi connectivity index (χ2n) is 6.19. The molecule has 0 aliphatic heterocycles. The first-order chi connectivity index (χ1) is 5.48. The largest absolute Gasteiger partial charge is 0.0622 e. The van der Waals surface area contributed by atoms with Gasteiger partial charge in [0.25, 0.3) is 0 Å². The smallest absolute Gasteiger partial charge is 0.0332 e. The molecule has 2 rings (SSSR count). The summed E-state index contributed by atoms with van der Waals surface area (Å²) in [6.45, 7) is 9.73. The molecular formula is C12H22. The number of hydrogen-bond donors (Lipinski definition) is 0. The van der Waals surface area contributed by atoms with Crippen LogP contribution in [0, 0.1) is 29.1 Å². The van der Waals surface area contributed by atoms with Crippen molar-refractivity contribution in [3.8, 4) is 0 Å². The van der Waals surface area contributed by atoms with Gasteiger partial charge in [-0.05, 0) is 48.3 Å². The quantitative estimate of drug-likeness (QED) is 0.514. The third-order valence-corrected chi connectivity index (χ3v) is 4.26. The van der Waals surface area contributed by atoms with Crippen molar-refractivity contribution in [2.24, 2.45) is 29.1 Å². The second kappa shape index (κ2) is 2.49. The van der Waals surface area contributed by atoms with Crippen LogP contribution in [0.5, 0.6) is 0 Å².